The number of nitrogens with zero attached hydrogens (tertiary/aromatic N) is 1. The van der Waals surface area contributed by atoms with E-state index >= 15 is 0 Å². The van der Waals surface area contributed by atoms with Gasteiger partial charge in [0.15, 0.2) is 0 Å². The van der Waals surface area contributed by atoms with Crippen LogP contribution in [0.2, 0.25) is 0 Å². The van der Waals surface area contributed by atoms with Crippen LogP contribution in [0.15, 0.2) is 36.0 Å². The Balaban J connectivity index is 2.79. The smallest absolute Gasteiger partial charge is 0.326 e. The number of nitrogens with one attached hydrogen (secondary N) is 2. The molecule has 1 atom stereocenters. The topological polar surface area (TPSA) is 102 Å². The van der Waals surface area contributed by atoms with E-state index in [4.69, 9.17) is 5.26 Å². The van der Waals surface area contributed by atoms with Crippen LogP contribution in [0.1, 0.15) is 45.6 Å². The fraction of sp³-hybridized carbons (Fsp3) is 0.421. The number of hydrogen-bond donors (Lipinski definition) is 3. The minimum Gasteiger partial charge on any atom is -0.480 e. The van der Waals surface area contributed by atoms with Crippen molar-refractivity contribution in [2.24, 2.45) is 5.92 Å². The largest absolute Gasteiger partial charge is 0.480 e. The summed E-state index contributed by atoms with van der Waals surface area (Å²) >= 11 is 0. The summed E-state index contributed by atoms with van der Waals surface area (Å²) in [6, 6.07) is 8.43. The Morgan fingerprint density at radius 1 is 1.20 bits per heavy atom. The number of carbonyl (C=O) groups excluding carboxylic acids is 1. The lowest BCUT2D eigenvalue weighted by molar-refractivity contribution is -0.141. The molecule has 6 heteroatoms. The zero-order chi connectivity index (χ0) is 19.0. The van der Waals surface area contributed by atoms with Crippen LogP contribution >= 0.6 is 0 Å². The summed E-state index contributed by atoms with van der Waals surface area (Å²) in [5, 5.41) is 23.6. The summed E-state index contributed by atoms with van der Waals surface area (Å²) in [5.74, 6) is -1.30. The van der Waals surface area contributed by atoms with E-state index in [9.17, 15) is 14.7 Å². The number of carboxylic acid groups (broad SMARTS) is 1. The van der Waals surface area contributed by atoms with Crippen LogP contribution in [-0.2, 0) is 9.59 Å². The standard InChI is InChI=1S/C19H25N3O3/c1-12(2)9-17(19(24)25)22-18(23)15(10-20)11-21-16-7-5-14(6-8-16)13(3)4/h5-8,11-13,17,21H,9H2,1-4H3,(H,22,23)(H,24,25)/b15-11-. The van der Waals surface area contributed by atoms with E-state index in [1.807, 2.05) is 38.1 Å². The molecule has 1 unspecified atom stereocenters. The molecule has 0 saturated heterocycles. The number of anilines is 1. The Morgan fingerprint density at radius 2 is 1.80 bits per heavy atom. The van der Waals surface area contributed by atoms with E-state index in [1.54, 1.807) is 6.07 Å². The minimum atomic E-state index is -1.11. The average molecular weight is 343 g/mol. The van der Waals surface area contributed by atoms with Crippen LogP contribution in [0.4, 0.5) is 5.69 Å². The van der Waals surface area contributed by atoms with Crippen molar-refractivity contribution in [3.8, 4) is 6.07 Å². The molecule has 0 spiro atoms. The highest BCUT2D eigenvalue weighted by Crippen LogP contribution is 2.17. The molecule has 0 saturated carbocycles. The highest BCUT2D eigenvalue weighted by molar-refractivity contribution is 5.99. The lowest BCUT2D eigenvalue weighted by atomic mass is 10.0. The van der Waals surface area contributed by atoms with Crippen LogP contribution < -0.4 is 10.6 Å². The third-order valence-corrected chi connectivity index (χ3v) is 3.64. The average Bonchev–Trinajstić information content (AvgIpc) is 2.54. The highest BCUT2D eigenvalue weighted by Gasteiger charge is 2.22. The SMILES string of the molecule is CC(C)CC(NC(=O)/C(C#N)=C\Nc1ccc(C(C)C)cc1)C(=O)O. The first-order chi connectivity index (χ1) is 11.7. The van der Waals surface area contributed by atoms with E-state index in [2.05, 4.69) is 24.5 Å². The quantitative estimate of drug-likeness (QED) is 0.497. The molecule has 134 valence electrons. The molecule has 0 heterocycles. The molecular formula is C19H25N3O3. The van der Waals surface area contributed by atoms with Crippen molar-refractivity contribution in [1.29, 1.82) is 5.26 Å². The lowest BCUT2D eigenvalue weighted by Gasteiger charge is -2.16. The van der Waals surface area contributed by atoms with Gasteiger partial charge < -0.3 is 15.7 Å². The van der Waals surface area contributed by atoms with E-state index in [0.717, 1.165) is 5.69 Å². The second kappa shape index (κ2) is 9.48. The molecule has 0 radical (unpaired) electrons. The van der Waals surface area contributed by atoms with Gasteiger partial charge in [0.1, 0.15) is 17.7 Å². The number of aliphatic carboxylic acids is 1. The van der Waals surface area contributed by atoms with Crippen molar-refractivity contribution in [3.05, 3.63) is 41.6 Å². The summed E-state index contributed by atoms with van der Waals surface area (Å²) in [6.45, 7) is 7.92. The Hall–Kier alpha value is -2.81. The highest BCUT2D eigenvalue weighted by atomic mass is 16.4. The first-order valence-electron chi connectivity index (χ1n) is 8.25. The summed E-state index contributed by atoms with van der Waals surface area (Å²) in [6.07, 6.45) is 1.58. The Kier molecular flexibility index (Phi) is 7.67. The molecule has 0 aliphatic carbocycles. The molecule has 25 heavy (non-hydrogen) atoms. The summed E-state index contributed by atoms with van der Waals surface area (Å²) < 4.78 is 0. The number of benzene rings is 1. The van der Waals surface area contributed by atoms with Crippen molar-refractivity contribution in [1.82, 2.24) is 5.32 Å². The minimum absolute atomic E-state index is 0.105. The molecule has 1 aromatic rings. The van der Waals surface area contributed by atoms with Gasteiger partial charge in [-0.05, 0) is 36.0 Å². The van der Waals surface area contributed by atoms with Crippen molar-refractivity contribution < 1.29 is 14.7 Å². The van der Waals surface area contributed by atoms with Gasteiger partial charge in [-0.2, -0.15) is 5.26 Å². The maximum atomic E-state index is 12.1. The van der Waals surface area contributed by atoms with Gasteiger partial charge in [-0.1, -0.05) is 39.8 Å². The molecule has 1 aromatic carbocycles. The van der Waals surface area contributed by atoms with Crippen molar-refractivity contribution in [3.63, 3.8) is 0 Å². The van der Waals surface area contributed by atoms with Gasteiger partial charge >= 0.3 is 5.97 Å². The predicted octanol–water partition coefficient (Wildman–Crippen LogP) is 3.24. The predicted molar refractivity (Wildman–Crippen MR) is 96.9 cm³/mol. The maximum Gasteiger partial charge on any atom is 0.326 e. The first kappa shape index (κ1) is 20.2. The molecule has 0 bridgehead atoms. The number of nitriles is 1. The van der Waals surface area contributed by atoms with Gasteiger partial charge in [-0.25, -0.2) is 4.79 Å². The number of amides is 1. The van der Waals surface area contributed by atoms with Gasteiger partial charge in [-0.3, -0.25) is 4.79 Å². The van der Waals surface area contributed by atoms with Gasteiger partial charge in [0.25, 0.3) is 5.91 Å². The number of carbonyl (C=O) groups is 2. The van der Waals surface area contributed by atoms with Gasteiger partial charge in [-0.15, -0.1) is 0 Å². The van der Waals surface area contributed by atoms with Gasteiger partial charge in [0, 0.05) is 11.9 Å². The summed E-state index contributed by atoms with van der Waals surface area (Å²) in [7, 11) is 0. The number of hydrogen-bond acceptors (Lipinski definition) is 4. The second-order valence-electron chi connectivity index (χ2n) is 6.58. The monoisotopic (exact) mass is 343 g/mol. The number of carboxylic acids is 1. The van der Waals surface area contributed by atoms with Crippen molar-refractivity contribution in [2.45, 2.75) is 46.1 Å². The second-order valence-corrected chi connectivity index (χ2v) is 6.58. The van der Waals surface area contributed by atoms with Crippen LogP contribution in [0.25, 0.3) is 0 Å². The lowest BCUT2D eigenvalue weighted by Crippen LogP contribution is -2.42. The van der Waals surface area contributed by atoms with Crippen molar-refractivity contribution in [2.75, 3.05) is 5.32 Å². The van der Waals surface area contributed by atoms with Crippen LogP contribution in [-0.4, -0.2) is 23.0 Å². The molecule has 0 fully saturated rings. The Morgan fingerprint density at radius 3 is 2.24 bits per heavy atom. The maximum absolute atomic E-state index is 12.1. The molecule has 3 N–H and O–H groups in total. The molecule has 0 aliphatic rings. The fourth-order valence-corrected chi connectivity index (χ4v) is 2.20. The molecule has 6 nitrogen and oxygen atoms in total. The first-order valence-corrected chi connectivity index (χ1v) is 8.25. The third-order valence-electron chi connectivity index (χ3n) is 3.64. The summed E-state index contributed by atoms with van der Waals surface area (Å²) in [4.78, 5) is 23.3. The van der Waals surface area contributed by atoms with Gasteiger partial charge in [0.05, 0.1) is 0 Å². The van der Waals surface area contributed by atoms with Crippen LogP contribution in [0.5, 0.6) is 0 Å². The molecule has 1 amide bonds. The normalized spacial score (nSPS) is 12.6. The van der Waals surface area contributed by atoms with E-state index in [0.29, 0.717) is 12.3 Å². The zero-order valence-corrected chi connectivity index (χ0v) is 15.0. The Bertz CT molecular complexity index is 670. The zero-order valence-electron chi connectivity index (χ0n) is 15.0. The molecular weight excluding hydrogens is 318 g/mol. The van der Waals surface area contributed by atoms with E-state index in [1.165, 1.54) is 11.8 Å². The number of rotatable bonds is 8. The van der Waals surface area contributed by atoms with Gasteiger partial charge in [0.2, 0.25) is 0 Å². The molecule has 1 rings (SSSR count). The third kappa shape index (κ3) is 6.68. The fourth-order valence-electron chi connectivity index (χ4n) is 2.20. The molecule has 0 aliphatic heterocycles. The van der Waals surface area contributed by atoms with Crippen LogP contribution in [0, 0.1) is 17.2 Å². The van der Waals surface area contributed by atoms with E-state index < -0.39 is 17.9 Å². The Labute approximate surface area is 148 Å². The van der Waals surface area contributed by atoms with Crippen molar-refractivity contribution >= 4 is 17.6 Å². The van der Waals surface area contributed by atoms with E-state index in [-0.39, 0.29) is 11.5 Å². The van der Waals surface area contributed by atoms with Crippen LogP contribution in [0.3, 0.4) is 0 Å². The summed E-state index contributed by atoms with van der Waals surface area (Å²) in [5.41, 5.74) is 1.75. The molecule has 0 aromatic heterocycles.